The van der Waals surface area contributed by atoms with Crippen molar-refractivity contribution in [1.29, 1.82) is 0 Å². The van der Waals surface area contributed by atoms with Crippen LogP contribution in [-0.2, 0) is 0 Å². The molecular weight excluding hydrogens is 168 g/mol. The molecule has 14 heavy (non-hydrogen) atoms. The van der Waals surface area contributed by atoms with Crippen LogP contribution in [0.15, 0.2) is 24.3 Å². The van der Waals surface area contributed by atoms with Crippen molar-refractivity contribution < 1.29 is 0 Å². The maximum absolute atomic E-state index is 3.21. The summed E-state index contributed by atoms with van der Waals surface area (Å²) in [5.41, 5.74) is 2.42. The van der Waals surface area contributed by atoms with Gasteiger partial charge in [-0.25, -0.2) is 0 Å². The van der Waals surface area contributed by atoms with E-state index >= 15 is 0 Å². The molecule has 74 valence electrons. The quantitative estimate of drug-likeness (QED) is 0.495. The minimum atomic E-state index is 1.03. The monoisotopic (exact) mass is 186 g/mol. The third-order valence-electron chi connectivity index (χ3n) is 2.16. The van der Waals surface area contributed by atoms with E-state index in [-0.39, 0.29) is 0 Å². The second-order valence-electron chi connectivity index (χ2n) is 3.63. The van der Waals surface area contributed by atoms with Crippen LogP contribution >= 0.6 is 0 Å². The highest BCUT2D eigenvalue weighted by molar-refractivity contribution is 5.36. The van der Waals surface area contributed by atoms with Crippen LogP contribution in [0.1, 0.15) is 43.7 Å². The summed E-state index contributed by atoms with van der Waals surface area (Å²) >= 11 is 0. The highest BCUT2D eigenvalue weighted by atomic mass is 13.9. The number of aryl methyl sites for hydroxylation is 1. The molecule has 0 saturated heterocycles. The molecule has 1 rings (SSSR count). The van der Waals surface area contributed by atoms with Gasteiger partial charge in [0.2, 0.25) is 0 Å². The number of unbranched alkanes of at least 4 members (excludes halogenated alkanes) is 3. The van der Waals surface area contributed by atoms with E-state index in [0.717, 1.165) is 12.0 Å². The third-order valence-corrected chi connectivity index (χ3v) is 2.16. The lowest BCUT2D eigenvalue weighted by Crippen LogP contribution is -1.76. The van der Waals surface area contributed by atoms with Gasteiger partial charge in [0.1, 0.15) is 0 Å². The molecule has 0 aliphatic carbocycles. The molecular formula is C14H18. The van der Waals surface area contributed by atoms with E-state index in [1.165, 1.54) is 24.8 Å². The highest BCUT2D eigenvalue weighted by Crippen LogP contribution is 2.02. The van der Waals surface area contributed by atoms with Crippen LogP contribution in [0, 0.1) is 18.8 Å². The standard InChI is InChI=1S/C14H18/c1-3-4-5-6-7-10-14-11-8-9-13(2)12-14/h8-9,11-12H,3-6H2,1-2H3. The molecule has 0 nitrogen and oxygen atoms in total. The molecule has 0 N–H and O–H groups in total. The molecule has 0 heterocycles. The van der Waals surface area contributed by atoms with Crippen LogP contribution in [0.3, 0.4) is 0 Å². The molecule has 0 fully saturated rings. The van der Waals surface area contributed by atoms with Crippen LogP contribution in [0.25, 0.3) is 0 Å². The Morgan fingerprint density at radius 2 is 2.07 bits per heavy atom. The van der Waals surface area contributed by atoms with Gasteiger partial charge >= 0.3 is 0 Å². The Morgan fingerprint density at radius 3 is 2.79 bits per heavy atom. The van der Waals surface area contributed by atoms with Gasteiger partial charge in [-0.15, -0.1) is 0 Å². The lowest BCUT2D eigenvalue weighted by Gasteiger charge is -1.92. The molecule has 0 heteroatoms. The lowest BCUT2D eigenvalue weighted by molar-refractivity contribution is 0.737. The van der Waals surface area contributed by atoms with E-state index in [2.05, 4.69) is 50.0 Å². The summed E-state index contributed by atoms with van der Waals surface area (Å²) < 4.78 is 0. The maximum Gasteiger partial charge on any atom is 0.0247 e. The van der Waals surface area contributed by atoms with Crippen LogP contribution in [0.5, 0.6) is 0 Å². The second kappa shape index (κ2) is 6.27. The summed E-state index contributed by atoms with van der Waals surface area (Å²) in [5, 5.41) is 0. The molecule has 0 amide bonds. The van der Waals surface area contributed by atoms with Gasteiger partial charge in [-0.3, -0.25) is 0 Å². The second-order valence-corrected chi connectivity index (χ2v) is 3.63. The summed E-state index contributed by atoms with van der Waals surface area (Å²) in [4.78, 5) is 0. The van der Waals surface area contributed by atoms with Crippen LogP contribution < -0.4 is 0 Å². The number of benzene rings is 1. The zero-order valence-corrected chi connectivity index (χ0v) is 9.14. The Balaban J connectivity index is 2.43. The fourth-order valence-electron chi connectivity index (χ4n) is 1.35. The zero-order chi connectivity index (χ0) is 10.2. The molecule has 0 unspecified atom stereocenters. The van der Waals surface area contributed by atoms with Crippen molar-refractivity contribution >= 4 is 0 Å². The van der Waals surface area contributed by atoms with Crippen LogP contribution in [0.4, 0.5) is 0 Å². The van der Waals surface area contributed by atoms with E-state index in [0.29, 0.717) is 0 Å². The largest absolute Gasteiger partial charge is 0.0979 e. The number of hydrogen-bond acceptors (Lipinski definition) is 0. The van der Waals surface area contributed by atoms with Gasteiger partial charge < -0.3 is 0 Å². The molecule has 0 saturated carbocycles. The molecule has 1 aromatic carbocycles. The number of hydrogen-bond donors (Lipinski definition) is 0. The summed E-state index contributed by atoms with van der Waals surface area (Å²) in [6.07, 6.45) is 4.83. The first kappa shape index (κ1) is 10.9. The Bertz CT molecular complexity index is 325. The van der Waals surface area contributed by atoms with Crippen molar-refractivity contribution in [2.24, 2.45) is 0 Å². The Labute approximate surface area is 87.4 Å². The normalized spacial score (nSPS) is 9.29. The molecule has 1 aromatic rings. The van der Waals surface area contributed by atoms with Crippen molar-refractivity contribution in [3.05, 3.63) is 35.4 Å². The first-order chi connectivity index (χ1) is 6.83. The van der Waals surface area contributed by atoms with Gasteiger partial charge in [-0.05, 0) is 31.0 Å². The van der Waals surface area contributed by atoms with E-state index in [1.807, 2.05) is 0 Å². The average Bonchev–Trinajstić information content (AvgIpc) is 2.18. The molecule has 0 atom stereocenters. The van der Waals surface area contributed by atoms with Crippen molar-refractivity contribution in [3.63, 3.8) is 0 Å². The van der Waals surface area contributed by atoms with Gasteiger partial charge in [0.05, 0.1) is 0 Å². The lowest BCUT2D eigenvalue weighted by atomic mass is 10.1. The van der Waals surface area contributed by atoms with Crippen molar-refractivity contribution in [2.75, 3.05) is 0 Å². The average molecular weight is 186 g/mol. The fraction of sp³-hybridized carbons (Fsp3) is 0.429. The summed E-state index contributed by atoms with van der Waals surface area (Å²) in [6, 6.07) is 8.36. The minimum Gasteiger partial charge on any atom is -0.0979 e. The first-order valence-corrected chi connectivity index (χ1v) is 5.38. The highest BCUT2D eigenvalue weighted by Gasteiger charge is 1.86. The molecule has 0 bridgehead atoms. The van der Waals surface area contributed by atoms with Gasteiger partial charge in [0, 0.05) is 12.0 Å². The van der Waals surface area contributed by atoms with Crippen LogP contribution in [-0.4, -0.2) is 0 Å². The summed E-state index contributed by atoms with van der Waals surface area (Å²) in [5.74, 6) is 6.41. The molecule has 0 radical (unpaired) electrons. The van der Waals surface area contributed by atoms with Crippen molar-refractivity contribution in [2.45, 2.75) is 39.5 Å². The first-order valence-electron chi connectivity index (χ1n) is 5.38. The van der Waals surface area contributed by atoms with E-state index in [9.17, 15) is 0 Å². The van der Waals surface area contributed by atoms with E-state index < -0.39 is 0 Å². The van der Waals surface area contributed by atoms with Crippen molar-refractivity contribution in [3.8, 4) is 11.8 Å². The van der Waals surface area contributed by atoms with Gasteiger partial charge in [-0.2, -0.15) is 0 Å². The number of rotatable bonds is 3. The smallest absolute Gasteiger partial charge is 0.0247 e. The third kappa shape index (κ3) is 4.14. The minimum absolute atomic E-state index is 1.03. The van der Waals surface area contributed by atoms with E-state index in [1.54, 1.807) is 0 Å². The Hall–Kier alpha value is -1.22. The van der Waals surface area contributed by atoms with Gasteiger partial charge in [0.25, 0.3) is 0 Å². The maximum atomic E-state index is 3.21. The molecule has 0 aliphatic heterocycles. The molecule has 0 aromatic heterocycles. The summed E-state index contributed by atoms with van der Waals surface area (Å²) in [6.45, 7) is 4.32. The SMILES string of the molecule is CCCCCC#Cc1cccc(C)c1. The van der Waals surface area contributed by atoms with Crippen LogP contribution in [0.2, 0.25) is 0 Å². The predicted molar refractivity (Wildman–Crippen MR) is 62.2 cm³/mol. The topological polar surface area (TPSA) is 0 Å². The zero-order valence-electron chi connectivity index (χ0n) is 9.14. The fourth-order valence-corrected chi connectivity index (χ4v) is 1.35. The van der Waals surface area contributed by atoms with E-state index in [4.69, 9.17) is 0 Å². The van der Waals surface area contributed by atoms with Gasteiger partial charge in [-0.1, -0.05) is 43.7 Å². The predicted octanol–water partition coefficient (Wildman–Crippen LogP) is 3.93. The van der Waals surface area contributed by atoms with Gasteiger partial charge in [0.15, 0.2) is 0 Å². The summed E-state index contributed by atoms with van der Waals surface area (Å²) in [7, 11) is 0. The molecule has 0 spiro atoms. The molecule has 0 aliphatic rings. The van der Waals surface area contributed by atoms with Crippen molar-refractivity contribution in [1.82, 2.24) is 0 Å². The Kier molecular flexibility index (Phi) is 4.86. The Morgan fingerprint density at radius 1 is 1.21 bits per heavy atom.